The molecular weight excluding hydrogens is 742 g/mol. The molecule has 2 atom stereocenters. The first kappa shape index (κ1) is 39.3. The van der Waals surface area contributed by atoms with E-state index >= 15 is 0 Å². The Morgan fingerprint density at radius 3 is 1.70 bits per heavy atom. The van der Waals surface area contributed by atoms with Crippen molar-refractivity contribution < 1.29 is 104 Å². The van der Waals surface area contributed by atoms with E-state index in [2.05, 4.69) is 0 Å². The van der Waals surface area contributed by atoms with Gasteiger partial charge in [-0.15, -0.1) is 0 Å². The van der Waals surface area contributed by atoms with E-state index in [1.807, 2.05) is 26.0 Å². The van der Waals surface area contributed by atoms with Crippen molar-refractivity contribution in [1.29, 1.82) is 0 Å². The van der Waals surface area contributed by atoms with Gasteiger partial charge in [0.15, 0.2) is 0 Å². The normalized spacial score (nSPS) is 14.3. The summed E-state index contributed by atoms with van der Waals surface area (Å²) in [4.78, 5) is 95.1. The summed E-state index contributed by atoms with van der Waals surface area (Å²) in [7, 11) is 0. The molecule has 0 aliphatic carbocycles. The van der Waals surface area contributed by atoms with Gasteiger partial charge >= 0.3 is 0 Å². The Kier molecular flexibility index (Phi) is 15.2. The topological polar surface area (TPSA) is 143 Å². The first-order valence-corrected chi connectivity index (χ1v) is 14.2. The van der Waals surface area contributed by atoms with Crippen molar-refractivity contribution in [3.05, 3.63) is 81.9 Å². The van der Waals surface area contributed by atoms with Gasteiger partial charge in [-0.1, -0.05) is 69.1 Å². The maximum Gasteiger partial charge on any atom is 0.259 e. The van der Waals surface area contributed by atoms with Crippen molar-refractivity contribution in [2.24, 2.45) is 0 Å². The smallest absolute Gasteiger partial charge is 0.259 e. The number of fused-ring (bicyclic) bond motifs is 1. The second kappa shape index (κ2) is 17.9. The van der Waals surface area contributed by atoms with Gasteiger partial charge in [-0.2, -0.15) is 12.8 Å². The van der Waals surface area contributed by atoms with Crippen LogP contribution in [0, 0.1) is 0 Å². The van der Waals surface area contributed by atoms with Gasteiger partial charge in [0, 0.05) is 81.9 Å². The van der Waals surface area contributed by atoms with Crippen molar-refractivity contribution >= 4 is 59.5 Å². The van der Waals surface area contributed by atoms with Gasteiger partial charge in [-0.3, -0.25) is 41.6 Å². The van der Waals surface area contributed by atoms with Gasteiger partial charge in [0.1, 0.15) is 0 Å². The number of hydrogen-bond acceptors (Lipinski definition) is 8. The fourth-order valence-electron chi connectivity index (χ4n) is 5.50. The molecule has 232 valence electrons. The Hall–Kier alpha value is -2.91. The number of benzene rings is 3. The Bertz CT molecular complexity index is 1690. The van der Waals surface area contributed by atoms with Gasteiger partial charge in [0.2, 0.25) is 0 Å². The number of imide groups is 2. The molecule has 0 aromatic heterocycles. The first-order valence-electron chi connectivity index (χ1n) is 14.2. The van der Waals surface area contributed by atoms with E-state index in [9.17, 15) is 38.4 Å². The maximum absolute atomic E-state index is 12.9. The van der Waals surface area contributed by atoms with Crippen molar-refractivity contribution in [2.75, 3.05) is 0 Å². The third-order valence-corrected chi connectivity index (χ3v) is 7.69. The van der Waals surface area contributed by atoms with Crippen LogP contribution in [0.25, 0.3) is 10.8 Å². The summed E-state index contributed by atoms with van der Waals surface area (Å²) in [5.41, 5.74) is 3.22. The Balaban J connectivity index is 0.000000312. The largest absolute Gasteiger partial charge is 0.542 e. The summed E-state index contributed by atoms with van der Waals surface area (Å²) in [6, 6.07) is 11.9. The van der Waals surface area contributed by atoms with E-state index in [1.54, 1.807) is 61.5 Å². The number of rotatable bonds is 12. The van der Waals surface area contributed by atoms with Crippen LogP contribution in [0.1, 0.15) is 92.1 Å². The van der Waals surface area contributed by atoms with Crippen molar-refractivity contribution in [3.8, 4) is 0 Å². The fraction of sp³-hybridized carbons (Fsp3) is 0.294. The van der Waals surface area contributed by atoms with Gasteiger partial charge in [0.25, 0.3) is 23.6 Å². The molecule has 0 saturated heterocycles. The number of amides is 4. The molecule has 0 fully saturated rings. The average Bonchev–Trinajstić information content (AvgIpc) is 3.31. The van der Waals surface area contributed by atoms with E-state index in [4.69, 9.17) is 0 Å². The molecule has 2 aliphatic heterocycles. The molecular formula is C34H28N2O8Y2-4. The minimum Gasteiger partial charge on any atom is -0.542 e. The van der Waals surface area contributed by atoms with Crippen molar-refractivity contribution in [2.45, 2.75) is 64.5 Å². The van der Waals surface area contributed by atoms with Crippen LogP contribution in [-0.4, -0.2) is 70.7 Å². The maximum atomic E-state index is 12.9. The molecule has 3 aromatic carbocycles. The van der Waals surface area contributed by atoms with E-state index in [1.165, 1.54) is 0 Å². The summed E-state index contributed by atoms with van der Waals surface area (Å²) >= 11 is 0. The Morgan fingerprint density at radius 1 is 0.630 bits per heavy atom. The average molecular weight is 770 g/mol. The molecule has 4 amide bonds. The molecule has 10 nitrogen and oxygen atoms in total. The number of carbonyl (C=O) groups is 4. The second-order valence-electron chi connectivity index (χ2n) is 10.2. The molecule has 12 heteroatoms. The summed E-state index contributed by atoms with van der Waals surface area (Å²) in [5, 5.41) is 1.45. The van der Waals surface area contributed by atoms with Gasteiger partial charge in [-0.05, 0) is 47.6 Å². The van der Waals surface area contributed by atoms with E-state index in [0.717, 1.165) is 32.7 Å². The monoisotopic (exact) mass is 770 g/mol. The van der Waals surface area contributed by atoms with Crippen LogP contribution in [0.3, 0.4) is 0 Å². The van der Waals surface area contributed by atoms with Crippen LogP contribution in [0.4, 0.5) is 0 Å². The standard InChI is InChI=1S/C19H15NO4.C15H13NO4.2Y/c1-2-12-9-13-5-3-7-15-17(13)16(10-12)19(24)20(18(15)23)14(11-22)6-4-8-21;1-2-10-5-3-7-12-13(10)15(20)16(14(12)19)11(9-18)6-4-8-17;;/h3,5,7,9-10,14H,2,4,6H2,1H3;3,5,7,11H,2,4,6H2,1H3;;/q2*-2;;. The van der Waals surface area contributed by atoms with E-state index < -0.39 is 35.7 Å². The predicted molar refractivity (Wildman–Crippen MR) is 159 cm³/mol. The van der Waals surface area contributed by atoms with Crippen LogP contribution in [0.5, 0.6) is 0 Å². The zero-order valence-corrected chi connectivity index (χ0v) is 31.0. The minimum atomic E-state index is -1.08. The van der Waals surface area contributed by atoms with Crippen LogP contribution >= 0.6 is 0 Å². The minimum absolute atomic E-state index is 0. The van der Waals surface area contributed by atoms with Gasteiger partial charge in [-0.25, -0.2) is 12.6 Å². The molecule has 0 saturated carbocycles. The quantitative estimate of drug-likeness (QED) is 0.201. The van der Waals surface area contributed by atoms with Gasteiger partial charge < -0.3 is 19.2 Å². The molecule has 2 aliphatic rings. The Morgan fingerprint density at radius 2 is 1.15 bits per heavy atom. The SMILES string of the molecule is CCc1cc2c3c(cccc3c1)C(=O)N(C([C-]=O)CC[C-]=O)C2=O.CCc1cccc2c1C(=O)N(C([C-]=O)CC[C-]=O)C2=O.[Y].[Y]. The number of hydrogen-bond donors (Lipinski definition) is 0. The van der Waals surface area contributed by atoms with Gasteiger partial charge in [0.05, 0.1) is 11.1 Å². The van der Waals surface area contributed by atoms with E-state index in [-0.39, 0.29) is 91.1 Å². The summed E-state index contributed by atoms with van der Waals surface area (Å²) in [6.45, 7) is 3.87. The first-order chi connectivity index (χ1) is 21.3. The van der Waals surface area contributed by atoms with E-state index in [0.29, 0.717) is 34.1 Å². The molecule has 5 rings (SSSR count). The summed E-state index contributed by atoms with van der Waals surface area (Å²) in [5.74, 6) is -2.03. The molecule has 2 radical (unpaired) electrons. The zero-order valence-electron chi connectivity index (χ0n) is 25.3. The zero-order chi connectivity index (χ0) is 32.0. The van der Waals surface area contributed by atoms with Crippen LogP contribution in [0.15, 0.2) is 48.5 Å². The molecule has 46 heavy (non-hydrogen) atoms. The Labute approximate surface area is 316 Å². The molecule has 3 aromatic rings. The second-order valence-corrected chi connectivity index (χ2v) is 10.2. The molecule has 2 unspecified atom stereocenters. The summed E-state index contributed by atoms with van der Waals surface area (Å²) in [6.07, 6.45) is 8.11. The number of carbonyl (C=O) groups excluding carboxylic acids is 8. The molecule has 0 N–H and O–H groups in total. The molecule has 0 spiro atoms. The third kappa shape index (κ3) is 7.62. The van der Waals surface area contributed by atoms with Crippen molar-refractivity contribution in [1.82, 2.24) is 9.80 Å². The van der Waals surface area contributed by atoms with Crippen LogP contribution < -0.4 is 0 Å². The third-order valence-electron chi connectivity index (χ3n) is 7.69. The molecule has 0 bridgehead atoms. The van der Waals surface area contributed by atoms with Crippen LogP contribution in [-0.2, 0) is 97.4 Å². The van der Waals surface area contributed by atoms with Crippen molar-refractivity contribution in [3.63, 3.8) is 0 Å². The summed E-state index contributed by atoms with van der Waals surface area (Å²) < 4.78 is 0. The number of aryl methyl sites for hydroxylation is 2. The fourth-order valence-corrected chi connectivity index (χ4v) is 5.50. The number of nitrogens with zero attached hydrogens (tertiary/aromatic N) is 2. The molecule has 2 heterocycles. The van der Waals surface area contributed by atoms with Crippen LogP contribution in [0.2, 0.25) is 0 Å². The predicted octanol–water partition coefficient (Wildman–Crippen LogP) is 3.57.